The Balaban J connectivity index is 2.34. The second-order valence-electron chi connectivity index (χ2n) is 5.26. The molecule has 1 heterocycles. The zero-order valence-electron chi connectivity index (χ0n) is 10.9. The molecule has 2 nitrogen and oxygen atoms in total. The van der Waals surface area contributed by atoms with Gasteiger partial charge in [0.2, 0.25) is 0 Å². The quantitative estimate of drug-likeness (QED) is 0.905. The molecule has 18 heavy (non-hydrogen) atoms. The van der Waals surface area contributed by atoms with Gasteiger partial charge in [-0.2, -0.15) is 0 Å². The topological polar surface area (TPSA) is 29.3 Å². The van der Waals surface area contributed by atoms with Gasteiger partial charge in [-0.15, -0.1) is 0 Å². The van der Waals surface area contributed by atoms with E-state index in [-0.39, 0.29) is 17.9 Å². The number of rotatable bonds is 2. The molecule has 1 aliphatic rings. The Bertz CT molecular complexity index is 422. The summed E-state index contributed by atoms with van der Waals surface area (Å²) in [7, 11) is 0. The molecule has 2 atom stereocenters. The minimum atomic E-state index is -0.214. The van der Waals surface area contributed by atoms with Crippen LogP contribution in [0.4, 0.5) is 4.39 Å². The first kappa shape index (κ1) is 14.0. The normalized spacial score (nSPS) is 25.7. The van der Waals surface area contributed by atoms with Crippen LogP contribution in [0.25, 0.3) is 0 Å². The molecule has 2 N–H and O–H groups in total. The van der Waals surface area contributed by atoms with Crippen molar-refractivity contribution in [2.75, 3.05) is 6.54 Å². The molecule has 0 amide bonds. The first-order chi connectivity index (χ1) is 8.50. The summed E-state index contributed by atoms with van der Waals surface area (Å²) in [5, 5.41) is 0. The summed E-state index contributed by atoms with van der Waals surface area (Å²) >= 11 is 3.19. The number of nitrogens with two attached hydrogens (primary N) is 1. The molecule has 1 saturated heterocycles. The Morgan fingerprint density at radius 3 is 2.78 bits per heavy atom. The Kier molecular flexibility index (Phi) is 4.41. The lowest BCUT2D eigenvalue weighted by Gasteiger charge is -2.42. The average molecular weight is 315 g/mol. The largest absolute Gasteiger partial charge is 0.326 e. The summed E-state index contributed by atoms with van der Waals surface area (Å²) in [5.41, 5.74) is 7.23. The highest BCUT2D eigenvalue weighted by molar-refractivity contribution is 9.10. The van der Waals surface area contributed by atoms with Crippen molar-refractivity contribution < 1.29 is 4.39 Å². The van der Waals surface area contributed by atoms with Gasteiger partial charge in [-0.05, 0) is 66.9 Å². The van der Waals surface area contributed by atoms with E-state index in [9.17, 15) is 4.39 Å². The second kappa shape index (κ2) is 5.68. The molecule has 0 aromatic heterocycles. The van der Waals surface area contributed by atoms with Crippen LogP contribution in [0.3, 0.4) is 0 Å². The van der Waals surface area contributed by atoms with Gasteiger partial charge in [0, 0.05) is 12.1 Å². The van der Waals surface area contributed by atoms with E-state index in [1.54, 1.807) is 12.1 Å². The van der Waals surface area contributed by atoms with Crippen LogP contribution in [-0.4, -0.2) is 23.5 Å². The van der Waals surface area contributed by atoms with Crippen molar-refractivity contribution in [3.63, 3.8) is 0 Å². The smallest absolute Gasteiger partial charge is 0.137 e. The second-order valence-corrected chi connectivity index (χ2v) is 6.11. The third-order valence-electron chi connectivity index (χ3n) is 3.67. The van der Waals surface area contributed by atoms with Crippen molar-refractivity contribution in [3.05, 3.63) is 34.1 Å². The van der Waals surface area contributed by atoms with E-state index >= 15 is 0 Å². The molecule has 0 bridgehead atoms. The lowest BCUT2D eigenvalue weighted by atomic mass is 9.90. The molecule has 0 saturated carbocycles. The molecule has 0 radical (unpaired) electrons. The molecular weight excluding hydrogens is 295 g/mol. The predicted molar refractivity (Wildman–Crippen MR) is 75.9 cm³/mol. The summed E-state index contributed by atoms with van der Waals surface area (Å²) in [6, 6.07) is 5.98. The highest BCUT2D eigenvalue weighted by Crippen LogP contribution is 2.33. The van der Waals surface area contributed by atoms with Gasteiger partial charge in [-0.1, -0.05) is 6.07 Å². The molecule has 0 aliphatic carbocycles. The van der Waals surface area contributed by atoms with Crippen LogP contribution in [0.15, 0.2) is 22.7 Å². The Morgan fingerprint density at radius 1 is 1.44 bits per heavy atom. The van der Waals surface area contributed by atoms with Crippen LogP contribution in [0.2, 0.25) is 0 Å². The summed E-state index contributed by atoms with van der Waals surface area (Å²) in [4.78, 5) is 2.37. The SMILES string of the molecule is CC(C)N1CCCC(N)C1c1ccc(Br)c(F)c1. The van der Waals surface area contributed by atoms with Crippen LogP contribution in [0.1, 0.15) is 38.3 Å². The van der Waals surface area contributed by atoms with Gasteiger partial charge in [-0.3, -0.25) is 4.90 Å². The molecule has 1 aromatic carbocycles. The van der Waals surface area contributed by atoms with E-state index in [1.165, 1.54) is 0 Å². The van der Waals surface area contributed by atoms with E-state index in [1.807, 2.05) is 6.07 Å². The van der Waals surface area contributed by atoms with Crippen molar-refractivity contribution in [2.45, 2.75) is 44.8 Å². The summed E-state index contributed by atoms with van der Waals surface area (Å²) < 4.78 is 14.2. The third-order valence-corrected chi connectivity index (χ3v) is 4.31. The molecule has 4 heteroatoms. The van der Waals surface area contributed by atoms with Crippen molar-refractivity contribution in [1.29, 1.82) is 0 Å². The number of nitrogens with zero attached hydrogens (tertiary/aromatic N) is 1. The van der Waals surface area contributed by atoms with E-state index in [2.05, 4.69) is 34.7 Å². The number of piperidine rings is 1. The molecule has 100 valence electrons. The van der Waals surface area contributed by atoms with Gasteiger partial charge in [0.05, 0.1) is 10.5 Å². The fraction of sp³-hybridized carbons (Fsp3) is 0.571. The maximum atomic E-state index is 13.7. The van der Waals surface area contributed by atoms with E-state index < -0.39 is 0 Å². The molecule has 1 aliphatic heterocycles. The van der Waals surface area contributed by atoms with E-state index in [0.29, 0.717) is 10.5 Å². The predicted octanol–water partition coefficient (Wildman–Crippen LogP) is 3.46. The van der Waals surface area contributed by atoms with Gasteiger partial charge in [0.25, 0.3) is 0 Å². The number of hydrogen-bond acceptors (Lipinski definition) is 2. The molecule has 2 rings (SSSR count). The Morgan fingerprint density at radius 2 is 2.17 bits per heavy atom. The lowest BCUT2D eigenvalue weighted by Crippen LogP contribution is -2.48. The minimum absolute atomic E-state index is 0.0849. The Labute approximate surface area is 116 Å². The summed E-state index contributed by atoms with van der Waals surface area (Å²) in [6.07, 6.45) is 2.13. The van der Waals surface area contributed by atoms with Crippen molar-refractivity contribution in [2.24, 2.45) is 5.73 Å². The molecule has 2 unspecified atom stereocenters. The summed E-state index contributed by atoms with van der Waals surface area (Å²) in [6.45, 7) is 5.37. The lowest BCUT2D eigenvalue weighted by molar-refractivity contribution is 0.0945. The van der Waals surface area contributed by atoms with Crippen LogP contribution in [0, 0.1) is 5.82 Å². The highest BCUT2D eigenvalue weighted by atomic mass is 79.9. The number of benzene rings is 1. The zero-order chi connectivity index (χ0) is 13.3. The molecule has 0 spiro atoms. The standard InChI is InChI=1S/C14H20BrFN2/c1-9(2)18-7-3-4-13(17)14(18)10-5-6-11(15)12(16)8-10/h5-6,8-9,13-14H,3-4,7,17H2,1-2H3. The highest BCUT2D eigenvalue weighted by Gasteiger charge is 2.32. The minimum Gasteiger partial charge on any atom is -0.326 e. The van der Waals surface area contributed by atoms with Gasteiger partial charge in [0.1, 0.15) is 5.82 Å². The van der Waals surface area contributed by atoms with Crippen molar-refractivity contribution >= 4 is 15.9 Å². The van der Waals surface area contributed by atoms with Gasteiger partial charge < -0.3 is 5.73 Å². The van der Waals surface area contributed by atoms with Crippen LogP contribution < -0.4 is 5.73 Å². The van der Waals surface area contributed by atoms with Crippen LogP contribution in [-0.2, 0) is 0 Å². The average Bonchev–Trinajstić information content (AvgIpc) is 2.32. The van der Waals surface area contributed by atoms with E-state index in [4.69, 9.17) is 5.73 Å². The third kappa shape index (κ3) is 2.76. The van der Waals surface area contributed by atoms with Gasteiger partial charge in [-0.25, -0.2) is 4.39 Å². The van der Waals surface area contributed by atoms with Gasteiger partial charge in [0.15, 0.2) is 0 Å². The maximum Gasteiger partial charge on any atom is 0.137 e. The number of halogens is 2. The molecule has 1 aromatic rings. The fourth-order valence-electron chi connectivity index (χ4n) is 2.77. The monoisotopic (exact) mass is 314 g/mol. The maximum absolute atomic E-state index is 13.7. The van der Waals surface area contributed by atoms with Gasteiger partial charge >= 0.3 is 0 Å². The first-order valence-corrected chi connectivity index (χ1v) is 7.26. The zero-order valence-corrected chi connectivity index (χ0v) is 12.5. The summed E-state index contributed by atoms with van der Waals surface area (Å²) in [5.74, 6) is -0.214. The van der Waals surface area contributed by atoms with Crippen molar-refractivity contribution in [3.8, 4) is 0 Å². The number of hydrogen-bond donors (Lipinski definition) is 1. The van der Waals surface area contributed by atoms with E-state index in [0.717, 1.165) is 24.9 Å². The van der Waals surface area contributed by atoms with Crippen LogP contribution >= 0.6 is 15.9 Å². The van der Waals surface area contributed by atoms with Crippen molar-refractivity contribution in [1.82, 2.24) is 4.90 Å². The first-order valence-electron chi connectivity index (χ1n) is 6.47. The number of likely N-dealkylation sites (tertiary alicyclic amines) is 1. The molecular formula is C14H20BrFN2. The Hall–Kier alpha value is -0.450. The van der Waals surface area contributed by atoms with Crippen LogP contribution in [0.5, 0.6) is 0 Å². The fourth-order valence-corrected chi connectivity index (χ4v) is 3.01. The molecule has 1 fully saturated rings.